The highest BCUT2D eigenvalue weighted by atomic mass is 32.7. The van der Waals surface area contributed by atoms with Crippen LogP contribution in [0.4, 0.5) is 0 Å². The highest BCUT2D eigenvalue weighted by Gasteiger charge is 2.37. The molecular formula is C13H29N4O6P5S. The second-order valence-corrected chi connectivity index (χ2v) is 9.54. The molecule has 5 unspecified atom stereocenters. The normalized spacial score (nSPS) is 15.4. The summed E-state index contributed by atoms with van der Waals surface area (Å²) in [5.74, 6) is -2.48. The third-order valence-corrected chi connectivity index (χ3v) is 7.95. The van der Waals surface area contributed by atoms with E-state index in [4.69, 9.17) is 4.52 Å². The average Bonchev–Trinajstić information content (AvgIpc) is 2.70. The Morgan fingerprint density at radius 3 is 2.07 bits per heavy atom. The van der Waals surface area contributed by atoms with E-state index in [0.29, 0.717) is 0 Å². The molecule has 0 heterocycles. The molecule has 4 N–H and O–H groups in total. The van der Waals surface area contributed by atoms with Gasteiger partial charge in [0.15, 0.2) is 6.04 Å². The predicted molar refractivity (Wildman–Crippen MR) is 130 cm³/mol. The SMILES string of the molecule is C[C@@H](OP)[C@H](NC(=O)[C@H](CC(=O)NP)NC(=O)[C@@H](NP)C(C)(C)SP)C(=O)OP. The summed E-state index contributed by atoms with van der Waals surface area (Å²) in [4.78, 5) is 49.4. The summed E-state index contributed by atoms with van der Waals surface area (Å²) in [7, 11) is 10.6. The van der Waals surface area contributed by atoms with Gasteiger partial charge in [-0.25, -0.2) is 4.79 Å². The van der Waals surface area contributed by atoms with E-state index in [-0.39, 0.29) is 6.42 Å². The van der Waals surface area contributed by atoms with Gasteiger partial charge < -0.3 is 24.8 Å². The van der Waals surface area contributed by atoms with Crippen molar-refractivity contribution in [2.45, 2.75) is 56.2 Å². The minimum Gasteiger partial charge on any atom is -0.450 e. The van der Waals surface area contributed by atoms with E-state index in [1.165, 1.54) is 11.4 Å². The lowest BCUT2D eigenvalue weighted by Crippen LogP contribution is -2.59. The smallest absolute Gasteiger partial charge is 0.333 e. The second-order valence-electron chi connectivity index (χ2n) is 6.42. The van der Waals surface area contributed by atoms with Crippen LogP contribution in [0, 0.1) is 0 Å². The third kappa shape index (κ3) is 9.54. The van der Waals surface area contributed by atoms with Crippen LogP contribution in [0.3, 0.4) is 0 Å². The molecule has 0 saturated carbocycles. The summed E-state index contributed by atoms with van der Waals surface area (Å²) in [6.45, 7) is 5.24. The monoisotopic (exact) mass is 524 g/mol. The fraction of sp³-hybridized carbons (Fsp3) is 0.692. The van der Waals surface area contributed by atoms with Gasteiger partial charge in [-0.2, -0.15) is 0 Å². The van der Waals surface area contributed by atoms with Gasteiger partial charge in [-0.05, 0) is 30.2 Å². The molecule has 0 aliphatic rings. The van der Waals surface area contributed by atoms with Crippen LogP contribution in [0.5, 0.6) is 0 Å². The molecule has 29 heavy (non-hydrogen) atoms. The van der Waals surface area contributed by atoms with Gasteiger partial charge in [-0.1, -0.05) is 17.8 Å². The Kier molecular flexibility index (Phi) is 14.5. The quantitative estimate of drug-likeness (QED) is 0.259. The summed E-state index contributed by atoms with van der Waals surface area (Å²) in [6.07, 6.45) is -1.07. The fourth-order valence-electron chi connectivity index (χ4n) is 2.14. The Morgan fingerprint density at radius 2 is 1.66 bits per heavy atom. The van der Waals surface area contributed by atoms with Gasteiger partial charge in [-0.3, -0.25) is 19.5 Å². The van der Waals surface area contributed by atoms with Gasteiger partial charge in [0.1, 0.15) is 12.1 Å². The van der Waals surface area contributed by atoms with Crippen LogP contribution in [0.25, 0.3) is 0 Å². The standard InChI is InChI=1S/C13H29N4O6P5S/c1-5(22-26)8(12(21)23-27)15-10(19)6(4-7(18)16-24)14-11(20)9(17-25)13(2,3)29-28/h5-6,8-9,17H,4,24-28H2,1-3H3,(H,14,20)(H,15,19)(H,16,18)/t5-,6+,8+,9-/m1/s1. The molecule has 9 atom stereocenters. The predicted octanol–water partition coefficient (Wildman–Crippen LogP) is -0.169. The molecule has 0 aliphatic heterocycles. The lowest BCUT2D eigenvalue weighted by molar-refractivity contribution is -0.141. The summed E-state index contributed by atoms with van der Waals surface area (Å²) in [5.41, 5.74) is 0. The molecule has 0 fully saturated rings. The van der Waals surface area contributed by atoms with Crippen molar-refractivity contribution in [3.05, 3.63) is 0 Å². The van der Waals surface area contributed by atoms with E-state index < -0.39 is 52.7 Å². The van der Waals surface area contributed by atoms with E-state index in [9.17, 15) is 19.2 Å². The van der Waals surface area contributed by atoms with Crippen LogP contribution in [-0.4, -0.2) is 52.7 Å². The van der Waals surface area contributed by atoms with Gasteiger partial charge >= 0.3 is 5.97 Å². The minimum absolute atomic E-state index is 0.335. The highest BCUT2D eigenvalue weighted by molar-refractivity contribution is 8.44. The Labute approximate surface area is 186 Å². The maximum absolute atomic E-state index is 12.8. The Bertz CT molecular complexity index is 602. The number of nitrogens with one attached hydrogen (secondary N) is 4. The largest absolute Gasteiger partial charge is 0.450 e. The first kappa shape index (κ1) is 29.3. The number of amides is 3. The first-order valence-corrected chi connectivity index (χ1v) is 12.6. The molecule has 0 saturated heterocycles. The van der Waals surface area contributed by atoms with Crippen molar-refractivity contribution in [2.24, 2.45) is 0 Å². The van der Waals surface area contributed by atoms with Crippen LogP contribution in [-0.2, 0) is 28.2 Å². The van der Waals surface area contributed by atoms with Gasteiger partial charge in [0.2, 0.25) is 17.7 Å². The van der Waals surface area contributed by atoms with Gasteiger partial charge in [0.25, 0.3) is 0 Å². The van der Waals surface area contributed by atoms with E-state index in [1.54, 1.807) is 16.4 Å². The summed E-state index contributed by atoms with van der Waals surface area (Å²) >= 11 is 1.38. The minimum atomic E-state index is -1.23. The van der Waals surface area contributed by atoms with Crippen LogP contribution in [0.15, 0.2) is 0 Å². The zero-order valence-corrected chi connectivity index (χ0v) is 22.9. The molecule has 0 bridgehead atoms. The van der Waals surface area contributed by atoms with Crippen molar-refractivity contribution < 1.29 is 28.2 Å². The van der Waals surface area contributed by atoms with Crippen LogP contribution >= 0.6 is 57.5 Å². The Hall–Kier alpha value is 0.300. The van der Waals surface area contributed by atoms with E-state index in [2.05, 4.69) is 43.2 Å². The van der Waals surface area contributed by atoms with Crippen molar-refractivity contribution in [1.82, 2.24) is 20.8 Å². The third-order valence-electron chi connectivity index (χ3n) is 3.96. The highest BCUT2D eigenvalue weighted by Crippen LogP contribution is 2.34. The van der Waals surface area contributed by atoms with E-state index >= 15 is 0 Å². The number of rotatable bonds is 12. The molecule has 10 nitrogen and oxygen atoms in total. The van der Waals surface area contributed by atoms with Crippen LogP contribution in [0.2, 0.25) is 0 Å². The zero-order chi connectivity index (χ0) is 22.8. The average molecular weight is 524 g/mol. The number of carbonyl (C=O) groups excluding carboxylic acids is 4. The number of hydrogen-bond donors (Lipinski definition) is 4. The molecule has 0 radical (unpaired) electrons. The van der Waals surface area contributed by atoms with Crippen molar-refractivity contribution in [2.75, 3.05) is 0 Å². The zero-order valence-electron chi connectivity index (χ0n) is 16.3. The molecule has 16 heteroatoms. The molecule has 0 aromatic heterocycles. The van der Waals surface area contributed by atoms with Crippen molar-refractivity contribution in [3.63, 3.8) is 0 Å². The maximum atomic E-state index is 12.8. The summed E-state index contributed by atoms with van der Waals surface area (Å²) in [5, 5.41) is 10.2. The van der Waals surface area contributed by atoms with Gasteiger partial charge in [-0.15, -0.1) is 11.4 Å². The first-order valence-electron chi connectivity index (χ1n) is 8.19. The molecule has 168 valence electrons. The topological polar surface area (TPSA) is 135 Å². The van der Waals surface area contributed by atoms with E-state index in [1.807, 2.05) is 32.7 Å². The lowest BCUT2D eigenvalue weighted by Gasteiger charge is -2.32. The van der Waals surface area contributed by atoms with Crippen LogP contribution < -0.4 is 20.8 Å². The van der Waals surface area contributed by atoms with Gasteiger partial charge in [0, 0.05) is 14.2 Å². The summed E-state index contributed by atoms with van der Waals surface area (Å²) in [6, 6.07) is -3.07. The Balaban J connectivity index is 5.59. The molecule has 0 aliphatic carbocycles. The molecule has 0 aromatic carbocycles. The van der Waals surface area contributed by atoms with Crippen molar-refractivity contribution in [3.8, 4) is 0 Å². The van der Waals surface area contributed by atoms with Crippen molar-refractivity contribution in [1.29, 1.82) is 0 Å². The fourth-order valence-corrected chi connectivity index (χ4v) is 3.97. The molecule has 0 aromatic rings. The number of hydrogen-bond acceptors (Lipinski definition) is 8. The van der Waals surface area contributed by atoms with E-state index in [0.717, 1.165) is 0 Å². The van der Waals surface area contributed by atoms with Gasteiger partial charge in [0.05, 0.1) is 22.0 Å². The maximum Gasteiger partial charge on any atom is 0.333 e. The summed E-state index contributed by atoms with van der Waals surface area (Å²) < 4.78 is 9.08. The van der Waals surface area contributed by atoms with Crippen molar-refractivity contribution >= 4 is 81.2 Å². The second kappa shape index (κ2) is 14.4. The molecule has 0 rings (SSSR count). The molecule has 0 spiro atoms. The molecular weight excluding hydrogens is 495 g/mol. The molecule has 3 amide bonds. The van der Waals surface area contributed by atoms with Crippen LogP contribution in [0.1, 0.15) is 27.2 Å². The first-order chi connectivity index (χ1) is 13.5. The number of carbonyl (C=O) groups is 4. The lowest BCUT2D eigenvalue weighted by atomic mass is 10.0. The Morgan fingerprint density at radius 1 is 1.07 bits per heavy atom.